The first kappa shape index (κ1) is 36.0. The third-order valence-corrected chi connectivity index (χ3v) is 9.75. The van der Waals surface area contributed by atoms with Crippen LogP contribution in [0.2, 0.25) is 0 Å². The molecule has 1 saturated carbocycles. The van der Waals surface area contributed by atoms with Gasteiger partial charge < -0.3 is 30.4 Å². The Labute approximate surface area is 287 Å². The maximum absolute atomic E-state index is 14.5. The Hall–Kier alpha value is -4.31. The number of nitrogens with one attached hydrogen (secondary N) is 3. The molecule has 1 aromatic rings. The summed E-state index contributed by atoms with van der Waals surface area (Å²) in [4.78, 5) is 75.2. The molecule has 1 unspecified atom stereocenters. The van der Waals surface area contributed by atoms with E-state index in [0.29, 0.717) is 37.3 Å². The van der Waals surface area contributed by atoms with Crippen LogP contribution in [0.4, 0.5) is 0 Å². The Morgan fingerprint density at radius 2 is 1.76 bits per heavy atom. The maximum Gasteiger partial charge on any atom is 0.289 e. The number of amides is 4. The number of nitrogens with zero attached hydrogens (tertiary/aromatic N) is 3. The molecule has 49 heavy (non-hydrogen) atoms. The smallest absolute Gasteiger partial charge is 0.289 e. The molecule has 0 aromatic heterocycles. The van der Waals surface area contributed by atoms with Crippen molar-refractivity contribution in [1.29, 1.82) is 5.26 Å². The maximum atomic E-state index is 14.5. The molecular weight excluding hydrogens is 628 g/mol. The fourth-order valence-electron chi connectivity index (χ4n) is 6.74. The lowest BCUT2D eigenvalue weighted by Gasteiger charge is -2.36. The van der Waals surface area contributed by atoms with Gasteiger partial charge in [-0.15, -0.1) is 0 Å². The van der Waals surface area contributed by atoms with Crippen molar-refractivity contribution in [3.63, 3.8) is 0 Å². The number of likely N-dealkylation sites (tertiary alicyclic amines) is 1. The van der Waals surface area contributed by atoms with Gasteiger partial charge in [0.25, 0.3) is 5.91 Å². The number of benzene rings is 1. The van der Waals surface area contributed by atoms with Gasteiger partial charge in [0.05, 0.1) is 29.9 Å². The molecule has 0 radical (unpaired) electrons. The van der Waals surface area contributed by atoms with E-state index >= 15 is 0 Å². The molecule has 264 valence electrons. The largest absolute Gasteiger partial charge is 0.387 e. The van der Waals surface area contributed by atoms with Crippen LogP contribution in [0.5, 0.6) is 0 Å². The number of rotatable bonds is 12. The molecule has 4 aliphatic rings. The van der Waals surface area contributed by atoms with Gasteiger partial charge in [-0.05, 0) is 61.1 Å². The SMILES string of the molecule is CCC[C@@H](NC(=O)[C@@H]1CC2(CC(c3ccc(C#N)cc3)=NO2)CN1C(=O)[C@H](NC(=O)CC1CCOCC1)C(C)(C)C)C(=O)C(=O)NC1CC1. The van der Waals surface area contributed by atoms with E-state index in [1.165, 1.54) is 4.90 Å². The Bertz CT molecular complexity index is 1500. The van der Waals surface area contributed by atoms with E-state index in [1.807, 2.05) is 27.7 Å². The number of hydrogen-bond acceptors (Lipinski definition) is 9. The second kappa shape index (κ2) is 15.1. The third kappa shape index (κ3) is 8.84. The van der Waals surface area contributed by atoms with Crippen LogP contribution < -0.4 is 16.0 Å². The Morgan fingerprint density at radius 3 is 2.37 bits per heavy atom. The van der Waals surface area contributed by atoms with Crippen LogP contribution in [0.15, 0.2) is 29.4 Å². The summed E-state index contributed by atoms with van der Waals surface area (Å²) in [6.45, 7) is 8.65. The summed E-state index contributed by atoms with van der Waals surface area (Å²) < 4.78 is 5.43. The normalized spacial score (nSPS) is 23.5. The van der Waals surface area contributed by atoms with Crippen LogP contribution in [0.3, 0.4) is 0 Å². The van der Waals surface area contributed by atoms with Crippen LogP contribution >= 0.6 is 0 Å². The van der Waals surface area contributed by atoms with Crippen LogP contribution in [-0.2, 0) is 33.5 Å². The summed E-state index contributed by atoms with van der Waals surface area (Å²) in [5.41, 5.74) is 0.127. The predicted octanol–water partition coefficient (Wildman–Crippen LogP) is 2.50. The van der Waals surface area contributed by atoms with Crippen LogP contribution in [0, 0.1) is 22.7 Å². The van der Waals surface area contributed by atoms with Crippen molar-refractivity contribution in [2.45, 2.75) is 115 Å². The van der Waals surface area contributed by atoms with Crippen LogP contribution in [0.1, 0.15) is 96.6 Å². The first-order valence-electron chi connectivity index (χ1n) is 17.4. The summed E-state index contributed by atoms with van der Waals surface area (Å²) in [5.74, 6) is -2.54. The van der Waals surface area contributed by atoms with E-state index in [1.54, 1.807) is 24.3 Å². The third-order valence-electron chi connectivity index (χ3n) is 9.75. The van der Waals surface area contributed by atoms with Gasteiger partial charge in [0.15, 0.2) is 5.60 Å². The Morgan fingerprint density at radius 1 is 1.06 bits per heavy atom. The molecule has 5 rings (SSSR count). The van der Waals surface area contributed by atoms with E-state index in [4.69, 9.17) is 9.57 Å². The molecule has 3 fully saturated rings. The second-order valence-corrected chi connectivity index (χ2v) is 15.0. The van der Waals surface area contributed by atoms with Crippen LogP contribution in [-0.4, -0.2) is 89.6 Å². The Kier molecular flexibility index (Phi) is 11.1. The zero-order valence-corrected chi connectivity index (χ0v) is 28.9. The number of carbonyl (C=O) groups excluding carboxylic acids is 5. The Balaban J connectivity index is 1.38. The molecule has 13 nitrogen and oxygen atoms in total. The summed E-state index contributed by atoms with van der Waals surface area (Å²) in [5, 5.41) is 22.0. The van der Waals surface area contributed by atoms with E-state index < -0.39 is 52.6 Å². The lowest BCUT2D eigenvalue weighted by Crippen LogP contribution is -2.59. The molecule has 4 amide bonds. The number of ketones is 1. The molecule has 1 spiro atoms. The zero-order valence-electron chi connectivity index (χ0n) is 28.9. The molecule has 0 bridgehead atoms. The summed E-state index contributed by atoms with van der Waals surface area (Å²) in [6.07, 6.45) is 4.62. The van der Waals surface area contributed by atoms with E-state index in [9.17, 15) is 29.2 Å². The van der Waals surface area contributed by atoms with Crippen molar-refractivity contribution in [1.82, 2.24) is 20.9 Å². The van der Waals surface area contributed by atoms with E-state index in [0.717, 1.165) is 31.2 Å². The van der Waals surface area contributed by atoms with E-state index in [2.05, 4.69) is 27.2 Å². The standard InChI is InChI=1S/C36H48N6O7/c1-5-6-26(30(44)33(46)38-25-11-12-25)39-32(45)28-19-36(18-27(41-49-36)24-9-7-23(20-37)8-10-24)21-42(28)34(47)31(35(2,3)4)40-29(43)17-22-13-15-48-16-14-22/h7-10,22,25-26,28,31H,5-6,11-19,21H2,1-4H3,(H,38,46)(H,39,45)(H,40,43)/t26-,28+,31+,36?/m1/s1. The van der Waals surface area contributed by atoms with Crippen LogP contribution in [0.25, 0.3) is 0 Å². The second-order valence-electron chi connectivity index (χ2n) is 15.0. The molecule has 4 atom stereocenters. The molecule has 2 saturated heterocycles. The summed E-state index contributed by atoms with van der Waals surface area (Å²) >= 11 is 0. The number of Topliss-reactive ketones (excluding diaryl/α,β-unsaturated/α-hetero) is 1. The average Bonchev–Trinajstić information content (AvgIpc) is 3.67. The first-order chi connectivity index (χ1) is 23.3. The summed E-state index contributed by atoms with van der Waals surface area (Å²) in [6, 6.07) is 5.93. The molecule has 3 N–H and O–H groups in total. The monoisotopic (exact) mass is 676 g/mol. The lowest BCUT2D eigenvalue weighted by atomic mass is 9.85. The highest BCUT2D eigenvalue weighted by atomic mass is 16.7. The van der Waals surface area contributed by atoms with Gasteiger partial charge in [0, 0.05) is 38.5 Å². The average molecular weight is 677 g/mol. The number of oxime groups is 1. The van der Waals surface area contributed by atoms with Crippen molar-refractivity contribution < 1.29 is 33.5 Å². The zero-order chi connectivity index (χ0) is 35.3. The molecule has 1 aliphatic carbocycles. The lowest BCUT2D eigenvalue weighted by molar-refractivity contribution is -0.145. The molecule has 13 heteroatoms. The minimum atomic E-state index is -1.06. The van der Waals surface area contributed by atoms with Gasteiger partial charge in [-0.3, -0.25) is 24.0 Å². The van der Waals surface area contributed by atoms with Crippen molar-refractivity contribution >= 4 is 35.1 Å². The molecular formula is C36H48N6O7. The highest BCUT2D eigenvalue weighted by Crippen LogP contribution is 2.40. The van der Waals surface area contributed by atoms with Crippen molar-refractivity contribution in [3.05, 3.63) is 35.4 Å². The first-order valence-corrected chi connectivity index (χ1v) is 17.4. The van der Waals surface area contributed by atoms with Gasteiger partial charge in [-0.2, -0.15) is 5.26 Å². The molecule has 3 heterocycles. The van der Waals surface area contributed by atoms with E-state index in [-0.39, 0.29) is 43.7 Å². The highest BCUT2D eigenvalue weighted by Gasteiger charge is 2.55. The van der Waals surface area contributed by atoms with Gasteiger partial charge in [-0.25, -0.2) is 0 Å². The van der Waals surface area contributed by atoms with Gasteiger partial charge >= 0.3 is 0 Å². The topological polar surface area (TPSA) is 179 Å². The fraction of sp³-hybridized carbons (Fsp3) is 0.639. The highest BCUT2D eigenvalue weighted by molar-refractivity contribution is 6.38. The van der Waals surface area contributed by atoms with Gasteiger partial charge in [0.2, 0.25) is 23.5 Å². The fourth-order valence-corrected chi connectivity index (χ4v) is 6.74. The number of hydrogen-bond donors (Lipinski definition) is 3. The van der Waals surface area contributed by atoms with Crippen molar-refractivity contribution in [3.8, 4) is 6.07 Å². The predicted molar refractivity (Wildman–Crippen MR) is 179 cm³/mol. The molecule has 3 aliphatic heterocycles. The van der Waals surface area contributed by atoms with Crippen molar-refractivity contribution in [2.75, 3.05) is 19.8 Å². The number of carbonyl (C=O) groups is 5. The van der Waals surface area contributed by atoms with Gasteiger partial charge in [0.1, 0.15) is 12.1 Å². The number of nitriles is 1. The van der Waals surface area contributed by atoms with Gasteiger partial charge in [-0.1, -0.05) is 51.4 Å². The van der Waals surface area contributed by atoms with Crippen molar-refractivity contribution in [2.24, 2.45) is 16.5 Å². The summed E-state index contributed by atoms with van der Waals surface area (Å²) in [7, 11) is 0. The number of ether oxygens (including phenoxy) is 1. The minimum Gasteiger partial charge on any atom is -0.387 e. The minimum absolute atomic E-state index is 0.0157. The quantitative estimate of drug-likeness (QED) is 0.283. The molecule has 1 aromatic carbocycles.